The van der Waals surface area contributed by atoms with Crippen molar-refractivity contribution in [3.63, 3.8) is 0 Å². The summed E-state index contributed by atoms with van der Waals surface area (Å²) in [6.07, 6.45) is 11.0. The number of hydrogen-bond acceptors (Lipinski definition) is 8. The number of nitrogens with one attached hydrogen (secondary N) is 2. The molecule has 0 saturated heterocycles. The van der Waals surface area contributed by atoms with E-state index in [1.165, 1.54) is 0 Å². The van der Waals surface area contributed by atoms with Gasteiger partial charge >= 0.3 is 0 Å². The summed E-state index contributed by atoms with van der Waals surface area (Å²) >= 11 is 5.87. The van der Waals surface area contributed by atoms with Crippen LogP contribution in [-0.4, -0.2) is 41.6 Å². The number of hydrogen-bond donors (Lipinski definition) is 3. The minimum atomic E-state index is 0.321. The largest absolute Gasteiger partial charge is 0.366 e. The number of aromatic nitrogens is 6. The van der Waals surface area contributed by atoms with E-state index in [1.54, 1.807) is 36.9 Å². The molecule has 1 aliphatic carbocycles. The van der Waals surface area contributed by atoms with Crippen LogP contribution in [0.5, 0.6) is 0 Å². The number of imidazole rings is 1. The molecule has 0 radical (unpaired) electrons. The minimum Gasteiger partial charge on any atom is -0.366 e. The highest BCUT2D eigenvalue weighted by Gasteiger charge is 2.19. The zero-order chi connectivity index (χ0) is 21.2. The minimum absolute atomic E-state index is 0.321. The van der Waals surface area contributed by atoms with Gasteiger partial charge in [0.05, 0.1) is 16.9 Å². The van der Waals surface area contributed by atoms with Crippen LogP contribution in [0.25, 0.3) is 16.9 Å². The van der Waals surface area contributed by atoms with E-state index in [-0.39, 0.29) is 0 Å². The van der Waals surface area contributed by atoms with Crippen molar-refractivity contribution < 1.29 is 0 Å². The third-order valence-corrected chi connectivity index (χ3v) is 5.62. The lowest BCUT2D eigenvalue weighted by Gasteiger charge is -2.27. The molecule has 158 valence electrons. The fraction of sp³-hybridized carbons (Fsp3) is 0.286. The summed E-state index contributed by atoms with van der Waals surface area (Å²) in [6, 6.07) is 8.15. The molecular formula is C21H22ClN9. The van der Waals surface area contributed by atoms with Gasteiger partial charge in [-0.05, 0) is 49.9 Å². The van der Waals surface area contributed by atoms with Gasteiger partial charge in [0.1, 0.15) is 11.6 Å². The van der Waals surface area contributed by atoms with Crippen molar-refractivity contribution in [1.29, 1.82) is 0 Å². The van der Waals surface area contributed by atoms with Gasteiger partial charge in [-0.15, -0.1) is 5.10 Å². The van der Waals surface area contributed by atoms with Crippen LogP contribution in [0.2, 0.25) is 5.02 Å². The summed E-state index contributed by atoms with van der Waals surface area (Å²) in [7, 11) is 0. The molecule has 0 amide bonds. The molecule has 31 heavy (non-hydrogen) atoms. The number of nitrogens with zero attached hydrogens (tertiary/aromatic N) is 6. The van der Waals surface area contributed by atoms with E-state index in [4.69, 9.17) is 22.4 Å². The zero-order valence-electron chi connectivity index (χ0n) is 16.7. The van der Waals surface area contributed by atoms with Crippen molar-refractivity contribution in [2.75, 3.05) is 10.6 Å². The molecule has 4 N–H and O–H groups in total. The molecule has 4 aromatic heterocycles. The molecule has 0 bridgehead atoms. The van der Waals surface area contributed by atoms with Crippen molar-refractivity contribution in [1.82, 2.24) is 29.5 Å². The average Bonchev–Trinajstić information content (AvgIpc) is 3.21. The van der Waals surface area contributed by atoms with E-state index >= 15 is 0 Å². The van der Waals surface area contributed by atoms with Gasteiger partial charge < -0.3 is 16.4 Å². The molecule has 1 aliphatic rings. The second kappa shape index (κ2) is 8.44. The molecule has 1 saturated carbocycles. The molecule has 0 unspecified atom stereocenters. The molecule has 9 nitrogen and oxygen atoms in total. The Morgan fingerprint density at radius 1 is 0.871 bits per heavy atom. The second-order valence-corrected chi connectivity index (χ2v) is 8.11. The van der Waals surface area contributed by atoms with Crippen LogP contribution in [0.4, 0.5) is 17.6 Å². The van der Waals surface area contributed by atoms with Gasteiger partial charge in [-0.2, -0.15) is 0 Å². The van der Waals surface area contributed by atoms with E-state index < -0.39 is 0 Å². The number of rotatable bonds is 5. The normalized spacial score (nSPS) is 18.8. The predicted molar refractivity (Wildman–Crippen MR) is 120 cm³/mol. The molecule has 0 aromatic carbocycles. The molecule has 0 aliphatic heterocycles. The fourth-order valence-corrected chi connectivity index (χ4v) is 3.82. The van der Waals surface area contributed by atoms with Crippen LogP contribution in [-0.2, 0) is 0 Å². The average molecular weight is 436 g/mol. The number of anilines is 3. The summed E-state index contributed by atoms with van der Waals surface area (Å²) in [5.74, 6) is 1.88. The van der Waals surface area contributed by atoms with Gasteiger partial charge in [0.15, 0.2) is 5.65 Å². The molecule has 5 rings (SSSR count). The second-order valence-electron chi connectivity index (χ2n) is 7.67. The number of fused-ring (bicyclic) bond motifs is 1. The topological polar surface area (TPSA) is 119 Å². The Balaban J connectivity index is 1.35. The van der Waals surface area contributed by atoms with E-state index in [9.17, 15) is 0 Å². The standard InChI is InChI=1S/C21H22ClN9/c22-14-1-6-18(24-11-14)29-21-26-9-13(10-27-21)17-12-25-20-8-7-19(30-31(17)20)28-16-4-2-15(23)3-5-16/h1,6-12,15-16H,2-5,23H2,(H,28,30)(H,24,26,27,29). The van der Waals surface area contributed by atoms with Crippen LogP contribution in [0.3, 0.4) is 0 Å². The van der Waals surface area contributed by atoms with Crippen LogP contribution >= 0.6 is 11.6 Å². The smallest absolute Gasteiger partial charge is 0.228 e. The highest BCUT2D eigenvalue weighted by Crippen LogP contribution is 2.23. The first kappa shape index (κ1) is 19.7. The number of nitrogens with two attached hydrogens (primary N) is 1. The SMILES string of the molecule is NC1CCC(Nc2ccc3ncc(-c4cnc(Nc5ccc(Cl)cn5)nc4)n3n2)CC1. The zero-order valence-corrected chi connectivity index (χ0v) is 17.5. The van der Waals surface area contributed by atoms with Crippen molar-refractivity contribution in [2.24, 2.45) is 5.73 Å². The predicted octanol–water partition coefficient (Wildman–Crippen LogP) is 3.66. The molecule has 10 heteroatoms. The summed E-state index contributed by atoms with van der Waals surface area (Å²) in [4.78, 5) is 17.4. The number of halogens is 1. The van der Waals surface area contributed by atoms with Crippen LogP contribution in [0, 0.1) is 0 Å². The van der Waals surface area contributed by atoms with Gasteiger partial charge in [-0.3, -0.25) is 0 Å². The highest BCUT2D eigenvalue weighted by molar-refractivity contribution is 6.30. The van der Waals surface area contributed by atoms with Crippen molar-refractivity contribution in [3.8, 4) is 11.3 Å². The van der Waals surface area contributed by atoms with Crippen molar-refractivity contribution >= 4 is 34.8 Å². The third kappa shape index (κ3) is 4.42. The van der Waals surface area contributed by atoms with Gasteiger partial charge in [0.25, 0.3) is 0 Å². The first-order valence-corrected chi connectivity index (χ1v) is 10.6. The Bertz CT molecular complexity index is 1170. The lowest BCUT2D eigenvalue weighted by Crippen LogP contribution is -2.33. The van der Waals surface area contributed by atoms with Crippen LogP contribution in [0.15, 0.2) is 49.1 Å². The molecule has 4 aromatic rings. The third-order valence-electron chi connectivity index (χ3n) is 5.40. The molecular weight excluding hydrogens is 414 g/mol. The maximum Gasteiger partial charge on any atom is 0.228 e. The van der Waals surface area contributed by atoms with Gasteiger partial charge in [0, 0.05) is 36.2 Å². The quantitative estimate of drug-likeness (QED) is 0.434. The molecule has 0 spiro atoms. The highest BCUT2D eigenvalue weighted by atomic mass is 35.5. The van der Waals surface area contributed by atoms with E-state index in [0.29, 0.717) is 28.9 Å². The lowest BCUT2D eigenvalue weighted by molar-refractivity contribution is 0.410. The van der Waals surface area contributed by atoms with Crippen molar-refractivity contribution in [2.45, 2.75) is 37.8 Å². The lowest BCUT2D eigenvalue weighted by atomic mass is 9.92. The van der Waals surface area contributed by atoms with Gasteiger partial charge in [0.2, 0.25) is 5.95 Å². The Kier molecular flexibility index (Phi) is 5.35. The summed E-state index contributed by atoms with van der Waals surface area (Å²) in [5, 5.41) is 11.9. The van der Waals surface area contributed by atoms with Crippen LogP contribution in [0.1, 0.15) is 25.7 Å². The maximum atomic E-state index is 6.01. The molecule has 0 atom stereocenters. The van der Waals surface area contributed by atoms with Gasteiger partial charge in [-0.1, -0.05) is 11.6 Å². The Morgan fingerprint density at radius 3 is 2.39 bits per heavy atom. The van der Waals surface area contributed by atoms with Crippen molar-refractivity contribution in [3.05, 3.63) is 54.1 Å². The summed E-state index contributed by atoms with van der Waals surface area (Å²) < 4.78 is 1.81. The summed E-state index contributed by atoms with van der Waals surface area (Å²) in [6.45, 7) is 0. The first-order chi connectivity index (χ1) is 15.1. The van der Waals surface area contributed by atoms with Gasteiger partial charge in [-0.25, -0.2) is 24.5 Å². The molecule has 4 heterocycles. The monoisotopic (exact) mass is 435 g/mol. The van der Waals surface area contributed by atoms with E-state index in [2.05, 4.69) is 30.6 Å². The summed E-state index contributed by atoms with van der Waals surface area (Å²) in [5.41, 5.74) is 8.41. The van der Waals surface area contributed by atoms with E-state index in [1.807, 2.05) is 16.6 Å². The van der Waals surface area contributed by atoms with E-state index in [0.717, 1.165) is 48.4 Å². The Labute approximate surface area is 184 Å². The maximum absolute atomic E-state index is 6.01. The fourth-order valence-electron chi connectivity index (χ4n) is 3.71. The molecule has 1 fully saturated rings. The first-order valence-electron chi connectivity index (χ1n) is 10.2. The Morgan fingerprint density at radius 2 is 1.65 bits per heavy atom. The van der Waals surface area contributed by atoms with Crippen LogP contribution < -0.4 is 16.4 Å². The Hall–Kier alpha value is -3.30. The number of pyridine rings is 1.